The fourth-order valence-corrected chi connectivity index (χ4v) is 2.08. The van der Waals surface area contributed by atoms with Gasteiger partial charge in [-0.3, -0.25) is 4.79 Å². The van der Waals surface area contributed by atoms with Crippen molar-refractivity contribution in [2.45, 2.75) is 18.5 Å². The molecule has 2 aromatic rings. The Hall–Kier alpha value is -1.89. The second kappa shape index (κ2) is 5.63. The maximum atomic E-state index is 10.5. The number of aromatic nitrogens is 4. The predicted octanol–water partition coefficient (Wildman–Crippen LogP) is 1.40. The van der Waals surface area contributed by atoms with Gasteiger partial charge in [0.1, 0.15) is 0 Å². The highest BCUT2D eigenvalue weighted by Gasteiger charge is 2.10. The van der Waals surface area contributed by atoms with Gasteiger partial charge < -0.3 is 5.11 Å². The monoisotopic (exact) mass is 264 g/mol. The Balaban J connectivity index is 2.27. The van der Waals surface area contributed by atoms with Gasteiger partial charge in [0.2, 0.25) is 5.16 Å². The number of carboxylic acid groups (broad SMARTS) is 1. The number of thioether (sulfide) groups is 1. The van der Waals surface area contributed by atoms with Gasteiger partial charge in [-0.1, -0.05) is 30.8 Å². The molecular formula is C11H12N4O2S. The van der Waals surface area contributed by atoms with E-state index in [4.69, 9.17) is 5.11 Å². The van der Waals surface area contributed by atoms with E-state index in [2.05, 4.69) is 22.4 Å². The van der Waals surface area contributed by atoms with Crippen molar-refractivity contribution in [1.82, 2.24) is 20.2 Å². The van der Waals surface area contributed by atoms with Gasteiger partial charge in [0.05, 0.1) is 11.4 Å². The highest BCUT2D eigenvalue weighted by Crippen LogP contribution is 2.18. The summed E-state index contributed by atoms with van der Waals surface area (Å²) in [5, 5.41) is 20.4. The first kappa shape index (κ1) is 12.6. The van der Waals surface area contributed by atoms with E-state index in [-0.39, 0.29) is 5.75 Å². The third kappa shape index (κ3) is 2.86. The van der Waals surface area contributed by atoms with Crippen LogP contribution in [-0.4, -0.2) is 37.0 Å². The number of tetrazole rings is 1. The Morgan fingerprint density at radius 1 is 1.50 bits per heavy atom. The SMILES string of the molecule is CCc1cccc(-n2nnnc2SCC(=O)O)c1. The standard InChI is InChI=1S/C11H12N4O2S/c1-2-8-4-3-5-9(6-8)15-11(12-13-14-15)18-7-10(16)17/h3-6H,2,7H2,1H3,(H,16,17). The van der Waals surface area contributed by atoms with Crippen molar-refractivity contribution in [3.05, 3.63) is 29.8 Å². The van der Waals surface area contributed by atoms with Crippen LogP contribution in [0.2, 0.25) is 0 Å². The van der Waals surface area contributed by atoms with Crippen LogP contribution in [-0.2, 0) is 11.2 Å². The van der Waals surface area contributed by atoms with Crippen LogP contribution < -0.4 is 0 Å². The first-order chi connectivity index (χ1) is 8.70. The second-order valence-corrected chi connectivity index (χ2v) is 4.52. The van der Waals surface area contributed by atoms with Crippen molar-refractivity contribution < 1.29 is 9.90 Å². The minimum atomic E-state index is -0.892. The highest BCUT2D eigenvalue weighted by atomic mass is 32.2. The summed E-state index contributed by atoms with van der Waals surface area (Å²) in [6.07, 6.45) is 0.924. The van der Waals surface area contributed by atoms with Crippen molar-refractivity contribution in [2.24, 2.45) is 0 Å². The molecule has 1 aromatic carbocycles. The van der Waals surface area contributed by atoms with E-state index < -0.39 is 5.97 Å². The molecule has 1 N–H and O–H groups in total. The van der Waals surface area contributed by atoms with Gasteiger partial charge in [-0.05, 0) is 34.5 Å². The lowest BCUT2D eigenvalue weighted by atomic mass is 10.1. The van der Waals surface area contributed by atoms with Gasteiger partial charge in [0, 0.05) is 0 Å². The fraction of sp³-hybridized carbons (Fsp3) is 0.273. The summed E-state index contributed by atoms with van der Waals surface area (Å²) in [4.78, 5) is 10.5. The molecule has 7 heteroatoms. The molecule has 0 aliphatic rings. The summed E-state index contributed by atoms with van der Waals surface area (Å²) in [5.41, 5.74) is 2.02. The number of carbonyl (C=O) groups is 1. The number of benzene rings is 1. The number of hydrogen-bond donors (Lipinski definition) is 1. The summed E-state index contributed by atoms with van der Waals surface area (Å²) in [7, 11) is 0. The van der Waals surface area contributed by atoms with Crippen molar-refractivity contribution in [1.29, 1.82) is 0 Å². The van der Waals surface area contributed by atoms with Gasteiger partial charge in [0.25, 0.3) is 0 Å². The van der Waals surface area contributed by atoms with Crippen molar-refractivity contribution >= 4 is 17.7 Å². The summed E-state index contributed by atoms with van der Waals surface area (Å²) >= 11 is 1.10. The zero-order valence-electron chi connectivity index (χ0n) is 9.78. The Morgan fingerprint density at radius 2 is 2.33 bits per heavy atom. The summed E-state index contributed by atoms with van der Waals surface area (Å²) in [6.45, 7) is 2.07. The minimum absolute atomic E-state index is 0.0617. The smallest absolute Gasteiger partial charge is 0.313 e. The number of nitrogens with zero attached hydrogens (tertiary/aromatic N) is 4. The molecule has 0 spiro atoms. The zero-order valence-corrected chi connectivity index (χ0v) is 10.6. The van der Waals surface area contributed by atoms with Crippen LogP contribution in [0.15, 0.2) is 29.4 Å². The van der Waals surface area contributed by atoms with Crippen LogP contribution in [0, 0.1) is 0 Å². The zero-order chi connectivity index (χ0) is 13.0. The van der Waals surface area contributed by atoms with Gasteiger partial charge in [-0.2, -0.15) is 4.68 Å². The lowest BCUT2D eigenvalue weighted by Gasteiger charge is -2.04. The quantitative estimate of drug-likeness (QED) is 0.822. The summed E-state index contributed by atoms with van der Waals surface area (Å²) < 4.78 is 1.55. The molecule has 94 valence electrons. The van der Waals surface area contributed by atoms with Gasteiger partial charge >= 0.3 is 5.97 Å². The lowest BCUT2D eigenvalue weighted by Crippen LogP contribution is -2.03. The molecular weight excluding hydrogens is 252 g/mol. The number of hydrogen-bond acceptors (Lipinski definition) is 5. The number of rotatable bonds is 5. The molecule has 18 heavy (non-hydrogen) atoms. The molecule has 0 unspecified atom stereocenters. The van der Waals surface area contributed by atoms with Gasteiger partial charge in [-0.15, -0.1) is 5.10 Å². The Bertz CT molecular complexity index is 555. The number of aryl methyl sites for hydroxylation is 1. The van der Waals surface area contributed by atoms with E-state index in [1.807, 2.05) is 24.3 Å². The highest BCUT2D eigenvalue weighted by molar-refractivity contribution is 7.99. The third-order valence-corrected chi connectivity index (χ3v) is 3.23. The Morgan fingerprint density at radius 3 is 3.06 bits per heavy atom. The van der Waals surface area contributed by atoms with E-state index in [9.17, 15) is 4.79 Å². The fourth-order valence-electron chi connectivity index (χ4n) is 1.47. The third-order valence-electron chi connectivity index (χ3n) is 2.33. The molecule has 0 radical (unpaired) electrons. The Labute approximate surface area is 108 Å². The average Bonchev–Trinajstić information content (AvgIpc) is 2.84. The Kier molecular flexibility index (Phi) is 3.93. The average molecular weight is 264 g/mol. The molecule has 2 rings (SSSR count). The van der Waals surface area contributed by atoms with Gasteiger partial charge in [-0.25, -0.2) is 0 Å². The van der Waals surface area contributed by atoms with E-state index in [1.54, 1.807) is 4.68 Å². The molecule has 1 aromatic heterocycles. The van der Waals surface area contributed by atoms with Crippen LogP contribution in [0.4, 0.5) is 0 Å². The van der Waals surface area contributed by atoms with E-state index >= 15 is 0 Å². The minimum Gasteiger partial charge on any atom is -0.481 e. The molecule has 0 bridgehead atoms. The maximum Gasteiger partial charge on any atom is 0.313 e. The first-order valence-electron chi connectivity index (χ1n) is 5.43. The molecule has 6 nitrogen and oxygen atoms in total. The molecule has 0 aliphatic heterocycles. The predicted molar refractivity (Wildman–Crippen MR) is 66.9 cm³/mol. The van der Waals surface area contributed by atoms with Gasteiger partial charge in [0.15, 0.2) is 0 Å². The molecule has 0 amide bonds. The lowest BCUT2D eigenvalue weighted by molar-refractivity contribution is -0.133. The van der Waals surface area contributed by atoms with Crippen LogP contribution >= 0.6 is 11.8 Å². The van der Waals surface area contributed by atoms with Crippen LogP contribution in [0.1, 0.15) is 12.5 Å². The number of carboxylic acids is 1. The molecule has 0 atom stereocenters. The van der Waals surface area contributed by atoms with Crippen molar-refractivity contribution in [3.63, 3.8) is 0 Å². The van der Waals surface area contributed by atoms with E-state index in [0.717, 1.165) is 23.9 Å². The van der Waals surface area contributed by atoms with Crippen LogP contribution in [0.25, 0.3) is 5.69 Å². The second-order valence-electron chi connectivity index (χ2n) is 3.58. The maximum absolute atomic E-state index is 10.5. The largest absolute Gasteiger partial charge is 0.481 e. The molecule has 0 saturated carbocycles. The van der Waals surface area contributed by atoms with E-state index in [0.29, 0.717) is 5.16 Å². The molecule has 0 aliphatic carbocycles. The van der Waals surface area contributed by atoms with Crippen molar-refractivity contribution in [3.8, 4) is 5.69 Å². The molecule has 1 heterocycles. The molecule has 0 saturated heterocycles. The normalized spacial score (nSPS) is 10.5. The first-order valence-corrected chi connectivity index (χ1v) is 6.41. The topological polar surface area (TPSA) is 80.9 Å². The van der Waals surface area contributed by atoms with E-state index in [1.165, 1.54) is 5.56 Å². The van der Waals surface area contributed by atoms with Crippen LogP contribution in [0.3, 0.4) is 0 Å². The number of aliphatic carboxylic acids is 1. The summed E-state index contributed by atoms with van der Waals surface area (Å²) in [6, 6.07) is 7.83. The molecule has 0 fully saturated rings. The summed E-state index contributed by atoms with van der Waals surface area (Å²) in [5.74, 6) is -0.953. The van der Waals surface area contributed by atoms with Crippen LogP contribution in [0.5, 0.6) is 0 Å². The van der Waals surface area contributed by atoms with Crippen molar-refractivity contribution in [2.75, 3.05) is 5.75 Å².